The summed E-state index contributed by atoms with van der Waals surface area (Å²) in [5.74, 6) is -0.814. The summed E-state index contributed by atoms with van der Waals surface area (Å²) in [7, 11) is -6.30. The van der Waals surface area contributed by atoms with Gasteiger partial charge in [-0.05, 0) is 56.5 Å². The van der Waals surface area contributed by atoms with Gasteiger partial charge in [-0.2, -0.15) is 4.31 Å². The van der Waals surface area contributed by atoms with Crippen molar-refractivity contribution in [1.29, 1.82) is 0 Å². The summed E-state index contributed by atoms with van der Waals surface area (Å²) in [5, 5.41) is 0. The Morgan fingerprint density at radius 1 is 1.06 bits per heavy atom. The molecule has 1 saturated heterocycles. The molecule has 0 aliphatic carbocycles. The molecule has 10 heteroatoms. The van der Waals surface area contributed by atoms with Gasteiger partial charge in [-0.15, -0.1) is 0 Å². The molecule has 1 unspecified atom stereocenters. The zero-order valence-corrected chi connectivity index (χ0v) is 19.2. The van der Waals surface area contributed by atoms with Gasteiger partial charge in [0.15, 0.2) is 11.6 Å². The van der Waals surface area contributed by atoms with Gasteiger partial charge >= 0.3 is 0 Å². The zero-order chi connectivity index (χ0) is 22.6. The second-order valence-electron chi connectivity index (χ2n) is 7.56. The predicted molar refractivity (Wildman–Crippen MR) is 115 cm³/mol. The van der Waals surface area contributed by atoms with Crippen LogP contribution in [0.1, 0.15) is 31.2 Å². The van der Waals surface area contributed by atoms with E-state index >= 15 is 0 Å². The fourth-order valence-corrected chi connectivity index (χ4v) is 6.46. The molecule has 0 spiro atoms. The number of hydrogen-bond donors (Lipinski definition) is 1. The van der Waals surface area contributed by atoms with Crippen molar-refractivity contribution in [3.05, 3.63) is 53.8 Å². The number of piperidine rings is 1. The van der Waals surface area contributed by atoms with Crippen molar-refractivity contribution in [2.75, 3.05) is 20.2 Å². The lowest BCUT2D eigenvalue weighted by Gasteiger charge is -2.34. The maximum absolute atomic E-state index is 13.9. The summed E-state index contributed by atoms with van der Waals surface area (Å²) in [6, 6.07) is 9.81. The third kappa shape index (κ3) is 5.43. The molecule has 1 aliphatic rings. The van der Waals surface area contributed by atoms with Crippen LogP contribution < -0.4 is 9.46 Å². The molecule has 3 rings (SSSR count). The van der Waals surface area contributed by atoms with Gasteiger partial charge in [0, 0.05) is 19.1 Å². The molecule has 2 aromatic carbocycles. The molecule has 0 saturated carbocycles. The van der Waals surface area contributed by atoms with Crippen molar-refractivity contribution in [2.24, 2.45) is 0 Å². The topological polar surface area (TPSA) is 92.8 Å². The fourth-order valence-electron chi connectivity index (χ4n) is 3.68. The number of sulfonamides is 2. The van der Waals surface area contributed by atoms with Crippen LogP contribution in [0.4, 0.5) is 4.39 Å². The number of nitrogens with zero attached hydrogens (tertiary/aromatic N) is 1. The highest BCUT2D eigenvalue weighted by atomic mass is 32.2. The fraction of sp³-hybridized carbons (Fsp3) is 0.429. The molecule has 1 fully saturated rings. The van der Waals surface area contributed by atoms with E-state index in [4.69, 9.17) is 4.74 Å². The van der Waals surface area contributed by atoms with Crippen LogP contribution in [0.2, 0.25) is 0 Å². The molecular formula is C21H27FN2O5S2. The Bertz CT molecular complexity index is 1120. The second-order valence-corrected chi connectivity index (χ2v) is 11.2. The van der Waals surface area contributed by atoms with E-state index in [0.29, 0.717) is 19.4 Å². The summed E-state index contributed by atoms with van der Waals surface area (Å²) in [6.07, 6.45) is 2.62. The minimum absolute atomic E-state index is 0.0422. The van der Waals surface area contributed by atoms with Gasteiger partial charge in [0.2, 0.25) is 20.0 Å². The van der Waals surface area contributed by atoms with Crippen LogP contribution in [0.15, 0.2) is 52.3 Å². The van der Waals surface area contributed by atoms with E-state index in [1.807, 2.05) is 6.92 Å². The SMILES string of the molecule is COc1ccc(S(=O)(=O)NCCC2CCCCN2S(=O)(=O)c2ccc(C)cc2)cc1F. The Hall–Kier alpha value is -2.01. The lowest BCUT2D eigenvalue weighted by molar-refractivity contribution is 0.242. The van der Waals surface area contributed by atoms with Crippen LogP contribution in [0, 0.1) is 12.7 Å². The summed E-state index contributed by atoms with van der Waals surface area (Å²) in [5.41, 5.74) is 0.971. The first kappa shape index (κ1) is 23.6. The monoisotopic (exact) mass is 470 g/mol. The first-order valence-corrected chi connectivity index (χ1v) is 13.0. The second kappa shape index (κ2) is 9.64. The molecule has 0 amide bonds. The van der Waals surface area contributed by atoms with Gasteiger partial charge in [-0.1, -0.05) is 24.1 Å². The van der Waals surface area contributed by atoms with Crippen molar-refractivity contribution >= 4 is 20.0 Å². The van der Waals surface area contributed by atoms with E-state index < -0.39 is 25.9 Å². The Morgan fingerprint density at radius 2 is 1.74 bits per heavy atom. The van der Waals surface area contributed by atoms with Crippen LogP contribution in [0.3, 0.4) is 0 Å². The number of halogens is 1. The third-order valence-corrected chi connectivity index (χ3v) is 8.83. The van der Waals surface area contributed by atoms with E-state index in [1.54, 1.807) is 24.3 Å². The van der Waals surface area contributed by atoms with Crippen LogP contribution >= 0.6 is 0 Å². The quantitative estimate of drug-likeness (QED) is 0.640. The average molecular weight is 471 g/mol. The van der Waals surface area contributed by atoms with E-state index in [9.17, 15) is 21.2 Å². The highest BCUT2D eigenvalue weighted by Crippen LogP contribution is 2.27. The van der Waals surface area contributed by atoms with Crippen LogP contribution in [-0.2, 0) is 20.0 Å². The highest BCUT2D eigenvalue weighted by molar-refractivity contribution is 7.89. The van der Waals surface area contributed by atoms with Crippen molar-refractivity contribution < 1.29 is 26.0 Å². The molecule has 0 aromatic heterocycles. The minimum atomic E-state index is -3.93. The van der Waals surface area contributed by atoms with Crippen molar-refractivity contribution in [3.63, 3.8) is 0 Å². The summed E-state index contributed by atoms with van der Waals surface area (Å²) < 4.78 is 73.9. The van der Waals surface area contributed by atoms with Gasteiger partial charge in [-0.25, -0.2) is 25.9 Å². The standard InChI is InChI=1S/C21H27FN2O5S2/c1-16-6-8-18(9-7-16)31(27,28)24-14-4-3-5-17(24)12-13-23-30(25,26)19-10-11-21(29-2)20(22)15-19/h6-11,15,17,23H,3-5,12-14H2,1-2H3. The van der Waals surface area contributed by atoms with E-state index in [0.717, 1.165) is 24.5 Å². The number of methoxy groups -OCH3 is 1. The molecule has 1 heterocycles. The van der Waals surface area contributed by atoms with Crippen molar-refractivity contribution in [2.45, 2.75) is 48.4 Å². The molecule has 31 heavy (non-hydrogen) atoms. The summed E-state index contributed by atoms with van der Waals surface area (Å²) in [4.78, 5) is 0.0258. The Morgan fingerprint density at radius 3 is 2.39 bits per heavy atom. The lowest BCUT2D eigenvalue weighted by atomic mass is 10.0. The van der Waals surface area contributed by atoms with Crippen LogP contribution in [-0.4, -0.2) is 47.4 Å². The number of rotatable bonds is 8. The average Bonchev–Trinajstić information content (AvgIpc) is 2.74. The molecule has 1 aliphatic heterocycles. The maximum atomic E-state index is 13.9. The van der Waals surface area contributed by atoms with Gasteiger partial charge < -0.3 is 4.74 Å². The first-order valence-electron chi connectivity index (χ1n) is 10.1. The van der Waals surface area contributed by atoms with Crippen LogP contribution in [0.5, 0.6) is 5.75 Å². The molecule has 2 aromatic rings. The molecule has 0 bridgehead atoms. The molecular weight excluding hydrogens is 443 g/mol. The number of ether oxygens (including phenoxy) is 1. The zero-order valence-electron chi connectivity index (χ0n) is 17.5. The Labute approximate surface area is 183 Å². The smallest absolute Gasteiger partial charge is 0.243 e. The van der Waals surface area contributed by atoms with E-state index in [-0.39, 0.29) is 28.1 Å². The number of aryl methyl sites for hydroxylation is 1. The largest absolute Gasteiger partial charge is 0.494 e. The minimum Gasteiger partial charge on any atom is -0.494 e. The van der Waals surface area contributed by atoms with Gasteiger partial charge in [0.25, 0.3) is 0 Å². The Kier molecular flexibility index (Phi) is 7.35. The van der Waals surface area contributed by atoms with E-state index in [2.05, 4.69) is 4.72 Å². The molecule has 1 N–H and O–H groups in total. The van der Waals surface area contributed by atoms with Gasteiger partial charge in [0.1, 0.15) is 0 Å². The highest BCUT2D eigenvalue weighted by Gasteiger charge is 2.33. The first-order chi connectivity index (χ1) is 14.6. The normalized spacial score (nSPS) is 18.1. The van der Waals surface area contributed by atoms with Crippen molar-refractivity contribution in [1.82, 2.24) is 9.03 Å². The third-order valence-electron chi connectivity index (χ3n) is 5.40. The molecule has 7 nitrogen and oxygen atoms in total. The summed E-state index contributed by atoms with van der Waals surface area (Å²) >= 11 is 0. The van der Waals surface area contributed by atoms with E-state index in [1.165, 1.54) is 23.5 Å². The predicted octanol–water partition coefficient (Wildman–Crippen LogP) is 3.05. The lowest BCUT2D eigenvalue weighted by Crippen LogP contribution is -2.45. The maximum Gasteiger partial charge on any atom is 0.243 e. The molecule has 0 radical (unpaired) electrons. The summed E-state index contributed by atoms with van der Waals surface area (Å²) in [6.45, 7) is 2.33. The van der Waals surface area contributed by atoms with Crippen LogP contribution in [0.25, 0.3) is 0 Å². The van der Waals surface area contributed by atoms with Gasteiger partial charge in [-0.3, -0.25) is 0 Å². The number of benzene rings is 2. The number of nitrogens with one attached hydrogen (secondary N) is 1. The number of hydrogen-bond acceptors (Lipinski definition) is 5. The Balaban J connectivity index is 1.69. The van der Waals surface area contributed by atoms with Gasteiger partial charge in [0.05, 0.1) is 16.9 Å². The molecule has 170 valence electrons. The molecule has 1 atom stereocenters. The van der Waals surface area contributed by atoms with Crippen molar-refractivity contribution in [3.8, 4) is 5.75 Å².